The maximum absolute atomic E-state index is 14.5. The van der Waals surface area contributed by atoms with E-state index in [1.54, 1.807) is 48.5 Å². The highest BCUT2D eigenvalue weighted by Crippen LogP contribution is 2.48. The van der Waals surface area contributed by atoms with Gasteiger partial charge in [0.1, 0.15) is 24.6 Å². The van der Waals surface area contributed by atoms with Crippen molar-refractivity contribution in [3.05, 3.63) is 78.6 Å². The summed E-state index contributed by atoms with van der Waals surface area (Å²) in [6, 6.07) is 15.3. The van der Waals surface area contributed by atoms with Gasteiger partial charge in [0, 0.05) is 6.42 Å². The Morgan fingerprint density at radius 1 is 1.11 bits per heavy atom. The zero-order valence-electron chi connectivity index (χ0n) is 29.8. The second kappa shape index (κ2) is 18.8. The molecule has 0 bridgehead atoms. The van der Waals surface area contributed by atoms with Crippen LogP contribution in [-0.2, 0) is 34.5 Å². The zero-order valence-corrected chi connectivity index (χ0v) is 30.7. The van der Waals surface area contributed by atoms with E-state index in [1.807, 2.05) is 0 Å². The van der Waals surface area contributed by atoms with Crippen LogP contribution in [0.15, 0.2) is 67.0 Å². The van der Waals surface area contributed by atoms with Crippen molar-refractivity contribution < 1.29 is 46.9 Å². The fourth-order valence-corrected chi connectivity index (χ4v) is 7.48. The number of aliphatic carboxylic acids is 1. The van der Waals surface area contributed by atoms with Crippen molar-refractivity contribution in [2.24, 2.45) is 0 Å². The van der Waals surface area contributed by atoms with Crippen LogP contribution in [0.3, 0.4) is 0 Å². The lowest BCUT2D eigenvalue weighted by Gasteiger charge is -2.31. The summed E-state index contributed by atoms with van der Waals surface area (Å²) in [5.41, 5.74) is 4.61. The number of ether oxygens (including phenoxy) is 3. The Balaban J connectivity index is 1.39. The van der Waals surface area contributed by atoms with Crippen LogP contribution >= 0.6 is 7.75 Å². The van der Waals surface area contributed by atoms with Gasteiger partial charge in [-0.3, -0.25) is 13.9 Å². The van der Waals surface area contributed by atoms with E-state index < -0.39 is 56.5 Å². The van der Waals surface area contributed by atoms with Gasteiger partial charge in [0.15, 0.2) is 28.7 Å². The quantitative estimate of drug-likeness (QED) is 0.0286. The lowest BCUT2D eigenvalue weighted by molar-refractivity contribution is -0.139. The van der Waals surface area contributed by atoms with Gasteiger partial charge in [-0.2, -0.15) is 19.4 Å². The number of unbranched alkanes of at least 4 members (excludes halogenated alkanes) is 6. The third-order valence-corrected chi connectivity index (χ3v) is 10.3. The molecule has 5 rings (SSSR count). The molecule has 0 radical (unpaired) electrons. The molecule has 1 aliphatic rings. The third kappa shape index (κ3) is 10.5. The number of imidazole rings is 1. The number of halogens is 1. The number of nitrogens with zero attached hydrogens (tertiary/aromatic N) is 4. The van der Waals surface area contributed by atoms with E-state index in [2.05, 4.69) is 32.9 Å². The predicted octanol–water partition coefficient (Wildman–Crippen LogP) is 6.60. The Morgan fingerprint density at radius 2 is 1.80 bits per heavy atom. The number of terminal acetylenes is 1. The first-order valence-corrected chi connectivity index (χ1v) is 19.3. The monoisotopic (exact) mass is 766 g/mol. The second-order valence-electron chi connectivity index (χ2n) is 12.8. The fraction of sp³-hybridized carbons (Fsp3) is 0.432. The van der Waals surface area contributed by atoms with E-state index in [0.29, 0.717) is 12.0 Å². The number of fused-ring (bicyclic) bond motifs is 1. The van der Waals surface area contributed by atoms with E-state index in [1.165, 1.54) is 29.4 Å². The molecule has 3 heterocycles. The van der Waals surface area contributed by atoms with Crippen molar-refractivity contribution in [3.8, 4) is 18.1 Å². The second-order valence-corrected chi connectivity index (χ2v) is 14.4. The predicted molar refractivity (Wildman–Crippen MR) is 196 cm³/mol. The number of para-hydroxylation sites is 1. The first-order chi connectivity index (χ1) is 26.0. The molecule has 54 heavy (non-hydrogen) atoms. The number of carboxylic acid groups (broad SMARTS) is 1. The van der Waals surface area contributed by atoms with Crippen LogP contribution in [0, 0.1) is 18.4 Å². The van der Waals surface area contributed by atoms with E-state index in [4.69, 9.17) is 35.4 Å². The molecule has 5 atom stereocenters. The Morgan fingerprint density at radius 3 is 2.48 bits per heavy atom. The summed E-state index contributed by atoms with van der Waals surface area (Å²) in [4.78, 5) is 37.0. The van der Waals surface area contributed by atoms with Crippen LogP contribution in [0.2, 0.25) is 0 Å². The van der Waals surface area contributed by atoms with Crippen LogP contribution in [0.4, 0.5) is 15.0 Å². The van der Waals surface area contributed by atoms with Crippen molar-refractivity contribution in [1.82, 2.24) is 24.6 Å². The van der Waals surface area contributed by atoms with Gasteiger partial charge in [0.05, 0.1) is 12.9 Å². The molecule has 1 unspecified atom stereocenters. The lowest BCUT2D eigenvalue weighted by Crippen LogP contribution is -2.46. The Bertz CT molecular complexity index is 1950. The first kappa shape index (κ1) is 40.1. The number of carboxylic acids is 1. The molecule has 0 saturated carbocycles. The van der Waals surface area contributed by atoms with Crippen LogP contribution in [0.5, 0.6) is 5.75 Å². The summed E-state index contributed by atoms with van der Waals surface area (Å²) in [5.74, 6) is 1.05. The van der Waals surface area contributed by atoms with E-state index in [9.17, 15) is 23.7 Å². The number of carbonyl (C=O) groups excluding carboxylic acids is 1. The zero-order chi connectivity index (χ0) is 38.6. The van der Waals surface area contributed by atoms with Crippen molar-refractivity contribution in [1.29, 1.82) is 0 Å². The minimum Gasteiger partial charge on any atom is -0.480 e. The highest BCUT2D eigenvalue weighted by Gasteiger charge is 2.53. The van der Waals surface area contributed by atoms with Crippen LogP contribution in [-0.4, -0.2) is 67.7 Å². The minimum atomic E-state index is -4.61. The molecular weight excluding hydrogens is 722 g/mol. The highest BCUT2D eigenvalue weighted by atomic mass is 31.2. The largest absolute Gasteiger partial charge is 0.508 e. The highest BCUT2D eigenvalue weighted by molar-refractivity contribution is 7.52. The van der Waals surface area contributed by atoms with Gasteiger partial charge in [0.25, 0.3) is 0 Å². The third-order valence-electron chi connectivity index (χ3n) is 8.78. The maximum atomic E-state index is 14.5. The normalized spacial score (nSPS) is 19.8. The molecule has 1 fully saturated rings. The standard InChI is InChI=1S/C37H44FN6O9P/c1-3-5-6-7-8-9-16-21-49-36(47)51-29-23-30(44-25-40-31-32(39)41-35(38)42-33(31)44)52-37(29,4-2)24-50-54(48,53-27-19-14-11-15-20-27)43-28(34(45)46)22-26-17-12-10-13-18-26/h2,10-15,17-20,25,28-30H,3,5-9,16,21-24H2,1H3,(H,43,48)(H,45,46)(H2,39,41,42)/t28?,29-,30+,37+,54-/m0/s1. The number of anilines is 1. The number of nitrogen functional groups attached to an aromatic ring is 1. The molecule has 2 aromatic heterocycles. The van der Waals surface area contributed by atoms with Crippen molar-refractivity contribution >= 4 is 36.9 Å². The van der Waals surface area contributed by atoms with Gasteiger partial charge in [-0.15, -0.1) is 6.42 Å². The average Bonchev–Trinajstić information content (AvgIpc) is 3.74. The number of hydrogen-bond acceptors (Lipinski definition) is 12. The molecule has 1 aliphatic heterocycles. The number of benzene rings is 2. The number of nitrogens with one attached hydrogen (secondary N) is 1. The van der Waals surface area contributed by atoms with Crippen molar-refractivity contribution in [3.63, 3.8) is 0 Å². The number of nitrogens with two attached hydrogens (primary N) is 1. The summed E-state index contributed by atoms with van der Waals surface area (Å²) >= 11 is 0. The fourth-order valence-electron chi connectivity index (χ4n) is 5.96. The van der Waals surface area contributed by atoms with Crippen molar-refractivity contribution in [2.45, 2.75) is 88.7 Å². The molecule has 15 nitrogen and oxygen atoms in total. The molecule has 0 aliphatic carbocycles. The van der Waals surface area contributed by atoms with Gasteiger partial charge < -0.3 is 29.6 Å². The smallest absolute Gasteiger partial charge is 0.480 e. The van der Waals surface area contributed by atoms with Crippen molar-refractivity contribution in [2.75, 3.05) is 18.9 Å². The summed E-state index contributed by atoms with van der Waals surface area (Å²) in [7, 11) is -4.61. The average molecular weight is 767 g/mol. The van der Waals surface area contributed by atoms with E-state index >= 15 is 0 Å². The van der Waals surface area contributed by atoms with E-state index in [0.717, 1.165) is 32.1 Å². The summed E-state index contributed by atoms with van der Waals surface area (Å²) in [6.07, 6.45) is 9.70. The molecule has 17 heteroatoms. The summed E-state index contributed by atoms with van der Waals surface area (Å²) in [5, 5.41) is 12.7. The molecular formula is C37H44FN6O9P. The first-order valence-electron chi connectivity index (χ1n) is 17.7. The topological polar surface area (TPSA) is 199 Å². The van der Waals surface area contributed by atoms with Crippen LogP contribution in [0.1, 0.15) is 70.1 Å². The molecule has 4 N–H and O–H groups in total. The minimum absolute atomic E-state index is 0.0241. The number of aromatic nitrogens is 4. The van der Waals surface area contributed by atoms with Gasteiger partial charge in [0.2, 0.25) is 0 Å². The Hall–Kier alpha value is -5.07. The molecule has 0 amide bonds. The SMILES string of the molecule is C#C[C@]1(CO[P@@](=O)(NC(Cc2ccccc2)C(=O)O)Oc2ccccc2)O[C@@H](n2cnc3c(N)nc(F)nc32)C[C@@H]1OC(=O)OCCCCCCCCC. The molecule has 4 aromatic rings. The van der Waals surface area contributed by atoms with E-state index in [-0.39, 0.29) is 42.2 Å². The summed E-state index contributed by atoms with van der Waals surface area (Å²) < 4.78 is 59.2. The van der Waals surface area contributed by atoms with Gasteiger partial charge in [-0.05, 0) is 30.5 Å². The van der Waals surface area contributed by atoms with Gasteiger partial charge in [-0.1, -0.05) is 99.9 Å². The maximum Gasteiger partial charge on any atom is 0.508 e. The Kier molecular flexibility index (Phi) is 14.0. The molecule has 288 valence electrons. The van der Waals surface area contributed by atoms with Gasteiger partial charge >= 0.3 is 25.9 Å². The Labute approximate surface area is 312 Å². The molecule has 1 saturated heterocycles. The summed E-state index contributed by atoms with van der Waals surface area (Å²) in [6.45, 7) is 1.52. The number of rotatable bonds is 20. The lowest BCUT2D eigenvalue weighted by atomic mass is 9.99. The van der Waals surface area contributed by atoms with Gasteiger partial charge in [-0.25, -0.2) is 14.3 Å². The number of carbonyl (C=O) groups is 2. The molecule has 2 aromatic carbocycles. The molecule has 0 spiro atoms. The number of hydrogen-bond donors (Lipinski definition) is 3. The van der Waals surface area contributed by atoms with Crippen LogP contribution < -0.4 is 15.3 Å². The van der Waals surface area contributed by atoms with Crippen LogP contribution in [0.25, 0.3) is 11.2 Å².